The first-order valence-corrected chi connectivity index (χ1v) is 5.48. The molecule has 0 saturated carbocycles. The molecule has 0 aliphatic rings. The second kappa shape index (κ2) is 5.51. The molecule has 1 aromatic rings. The Labute approximate surface area is 99.9 Å². The van der Waals surface area contributed by atoms with Crippen LogP contribution in [0.1, 0.15) is 44.7 Å². The minimum absolute atomic E-state index is 0.138. The van der Waals surface area contributed by atoms with Crippen LogP contribution in [0.5, 0.6) is 0 Å². The van der Waals surface area contributed by atoms with E-state index in [0.29, 0.717) is 0 Å². The highest BCUT2D eigenvalue weighted by Crippen LogP contribution is 2.18. The zero-order valence-corrected chi connectivity index (χ0v) is 10.2. The largest absolute Gasteiger partial charge is 0.385 e. The van der Waals surface area contributed by atoms with Gasteiger partial charge in [-0.3, -0.25) is 0 Å². The van der Waals surface area contributed by atoms with Crippen LogP contribution in [0.15, 0.2) is 18.2 Å². The fraction of sp³-hybridized carbons (Fsp3) is 0.583. The third-order valence-electron chi connectivity index (χ3n) is 2.18. The van der Waals surface area contributed by atoms with Crippen LogP contribution in [0.3, 0.4) is 0 Å². The highest BCUT2D eigenvalue weighted by molar-refractivity contribution is 5.14. The summed E-state index contributed by atoms with van der Waals surface area (Å²) in [6.07, 6.45) is -3.49. The number of aromatic nitrogens is 1. The van der Waals surface area contributed by atoms with Crippen molar-refractivity contribution >= 4 is 0 Å². The molecule has 1 atom stereocenters. The summed E-state index contributed by atoms with van der Waals surface area (Å²) >= 11 is 0. The monoisotopic (exact) mass is 244 g/mol. The van der Waals surface area contributed by atoms with Crippen molar-refractivity contribution in [1.82, 2.24) is 10.3 Å². The normalized spacial score (nSPS) is 14.1. The second-order valence-electron chi connectivity index (χ2n) is 4.93. The minimum Gasteiger partial charge on any atom is -0.385 e. The lowest BCUT2D eigenvalue weighted by Crippen LogP contribution is -2.38. The summed E-state index contributed by atoms with van der Waals surface area (Å²) in [5, 5.41) is 12.9. The van der Waals surface area contributed by atoms with Crippen LogP contribution >= 0.6 is 0 Å². The smallest absolute Gasteiger partial charge is 0.280 e. The van der Waals surface area contributed by atoms with E-state index < -0.39 is 12.5 Å². The lowest BCUT2D eigenvalue weighted by Gasteiger charge is -2.22. The van der Waals surface area contributed by atoms with Crippen molar-refractivity contribution in [3.8, 4) is 0 Å². The van der Waals surface area contributed by atoms with Gasteiger partial charge >= 0.3 is 0 Å². The standard InChI is InChI=1S/C12H18F2N2O/c1-12(2,3)15-7-10(17)8-5-4-6-9(16-8)11(13)14/h4-6,10-11,15,17H,7H2,1-3H3/t10-/m0/s1. The maximum Gasteiger partial charge on any atom is 0.280 e. The number of rotatable bonds is 4. The molecule has 0 amide bonds. The molecule has 96 valence electrons. The predicted octanol–water partition coefficient (Wildman–Crippen LogP) is 2.44. The van der Waals surface area contributed by atoms with Gasteiger partial charge < -0.3 is 10.4 Å². The summed E-state index contributed by atoms with van der Waals surface area (Å²) in [7, 11) is 0. The number of hydrogen-bond donors (Lipinski definition) is 2. The van der Waals surface area contributed by atoms with Crippen molar-refractivity contribution in [2.45, 2.75) is 38.8 Å². The van der Waals surface area contributed by atoms with E-state index in [0.717, 1.165) is 0 Å². The van der Waals surface area contributed by atoms with Gasteiger partial charge in [-0.25, -0.2) is 13.8 Å². The molecule has 5 heteroatoms. The van der Waals surface area contributed by atoms with Crippen molar-refractivity contribution in [2.75, 3.05) is 6.54 Å². The Morgan fingerprint density at radius 1 is 1.29 bits per heavy atom. The van der Waals surface area contributed by atoms with E-state index in [1.807, 2.05) is 20.8 Å². The minimum atomic E-state index is -2.61. The molecule has 1 heterocycles. The lowest BCUT2D eigenvalue weighted by molar-refractivity contribution is 0.139. The van der Waals surface area contributed by atoms with Crippen molar-refractivity contribution < 1.29 is 13.9 Å². The fourth-order valence-corrected chi connectivity index (χ4v) is 1.28. The lowest BCUT2D eigenvalue weighted by atomic mass is 10.1. The van der Waals surface area contributed by atoms with E-state index in [2.05, 4.69) is 10.3 Å². The Bertz CT molecular complexity index is 364. The number of halogens is 2. The molecule has 0 unspecified atom stereocenters. The van der Waals surface area contributed by atoms with E-state index in [-0.39, 0.29) is 23.5 Å². The van der Waals surface area contributed by atoms with Gasteiger partial charge in [0.1, 0.15) is 11.8 Å². The molecule has 1 rings (SSSR count). The molecule has 3 nitrogen and oxygen atoms in total. The summed E-state index contributed by atoms with van der Waals surface area (Å²) < 4.78 is 24.9. The van der Waals surface area contributed by atoms with Crippen LogP contribution in [0.2, 0.25) is 0 Å². The number of hydrogen-bond acceptors (Lipinski definition) is 3. The maximum absolute atomic E-state index is 12.4. The predicted molar refractivity (Wildman–Crippen MR) is 61.9 cm³/mol. The summed E-state index contributed by atoms with van der Waals surface area (Å²) in [5.41, 5.74) is -0.182. The first kappa shape index (κ1) is 14.0. The van der Waals surface area contributed by atoms with Crippen molar-refractivity contribution in [2.24, 2.45) is 0 Å². The number of nitrogens with one attached hydrogen (secondary N) is 1. The first-order valence-electron chi connectivity index (χ1n) is 5.48. The van der Waals surface area contributed by atoms with Gasteiger partial charge in [-0.2, -0.15) is 0 Å². The van der Waals surface area contributed by atoms with Crippen LogP contribution in [0.25, 0.3) is 0 Å². The van der Waals surface area contributed by atoms with Crippen LogP contribution in [0, 0.1) is 0 Å². The van der Waals surface area contributed by atoms with Crippen molar-refractivity contribution in [1.29, 1.82) is 0 Å². The topological polar surface area (TPSA) is 45.1 Å². The molecule has 0 spiro atoms. The van der Waals surface area contributed by atoms with Crippen LogP contribution in [0.4, 0.5) is 8.78 Å². The number of aliphatic hydroxyl groups excluding tert-OH is 1. The zero-order valence-electron chi connectivity index (χ0n) is 10.2. The Hall–Kier alpha value is -1.07. The highest BCUT2D eigenvalue weighted by atomic mass is 19.3. The Morgan fingerprint density at radius 3 is 2.41 bits per heavy atom. The van der Waals surface area contributed by atoms with E-state index >= 15 is 0 Å². The van der Waals surface area contributed by atoms with Gasteiger partial charge in [0.15, 0.2) is 0 Å². The molecule has 2 N–H and O–H groups in total. The summed E-state index contributed by atoms with van der Waals surface area (Å²) in [4.78, 5) is 3.73. The van der Waals surface area contributed by atoms with Crippen LogP contribution < -0.4 is 5.32 Å². The fourth-order valence-electron chi connectivity index (χ4n) is 1.28. The zero-order chi connectivity index (χ0) is 13.1. The molecular weight excluding hydrogens is 226 g/mol. The molecule has 0 bridgehead atoms. The highest BCUT2D eigenvalue weighted by Gasteiger charge is 2.16. The summed E-state index contributed by atoms with van der Waals surface area (Å²) in [6.45, 7) is 6.16. The summed E-state index contributed by atoms with van der Waals surface area (Å²) in [5.74, 6) is 0. The van der Waals surface area contributed by atoms with Crippen molar-refractivity contribution in [3.05, 3.63) is 29.6 Å². The third kappa shape index (κ3) is 4.75. The Morgan fingerprint density at radius 2 is 1.88 bits per heavy atom. The average molecular weight is 244 g/mol. The quantitative estimate of drug-likeness (QED) is 0.855. The van der Waals surface area contributed by atoms with E-state index in [1.165, 1.54) is 12.1 Å². The van der Waals surface area contributed by atoms with Gasteiger partial charge in [0.2, 0.25) is 0 Å². The van der Waals surface area contributed by atoms with Crippen molar-refractivity contribution in [3.63, 3.8) is 0 Å². The van der Waals surface area contributed by atoms with E-state index in [9.17, 15) is 13.9 Å². The number of aliphatic hydroxyl groups is 1. The number of nitrogens with zero attached hydrogens (tertiary/aromatic N) is 1. The van der Waals surface area contributed by atoms with Gasteiger partial charge in [-0.15, -0.1) is 0 Å². The molecule has 17 heavy (non-hydrogen) atoms. The van der Waals surface area contributed by atoms with Gasteiger partial charge in [-0.1, -0.05) is 6.07 Å². The number of pyridine rings is 1. The molecule has 0 saturated heterocycles. The molecule has 0 aliphatic heterocycles. The van der Waals surface area contributed by atoms with Gasteiger partial charge in [-0.05, 0) is 32.9 Å². The van der Waals surface area contributed by atoms with Gasteiger partial charge in [0.25, 0.3) is 6.43 Å². The molecule has 0 aromatic carbocycles. The maximum atomic E-state index is 12.4. The molecule has 0 aliphatic carbocycles. The van der Waals surface area contributed by atoms with E-state index in [4.69, 9.17) is 0 Å². The molecule has 0 radical (unpaired) electrons. The first-order chi connectivity index (χ1) is 7.79. The van der Waals surface area contributed by atoms with Gasteiger partial charge in [0, 0.05) is 12.1 Å². The molecule has 0 fully saturated rings. The van der Waals surface area contributed by atoms with Gasteiger partial charge in [0.05, 0.1) is 5.69 Å². The molecular formula is C12H18F2N2O. The summed E-state index contributed by atoms with van der Waals surface area (Å²) in [6, 6.07) is 4.27. The van der Waals surface area contributed by atoms with E-state index in [1.54, 1.807) is 6.07 Å². The molecule has 1 aromatic heterocycles. The van der Waals surface area contributed by atoms with Crippen LogP contribution in [-0.2, 0) is 0 Å². The average Bonchev–Trinajstić information content (AvgIpc) is 2.25. The third-order valence-corrected chi connectivity index (χ3v) is 2.18. The SMILES string of the molecule is CC(C)(C)NC[C@H](O)c1cccc(C(F)F)n1. The Kier molecular flexibility index (Phi) is 4.54. The number of alkyl halides is 2. The second-order valence-corrected chi connectivity index (χ2v) is 4.93. The van der Waals surface area contributed by atoms with Crippen LogP contribution in [-0.4, -0.2) is 22.2 Å². The number of β-amino-alcohol motifs (C(OH)–C–C–N with tert-alkyl or cyclic N) is 1. The Balaban J connectivity index is 2.69.